The molecule has 0 spiro atoms. The molecule has 1 aliphatic carbocycles. The summed E-state index contributed by atoms with van der Waals surface area (Å²) in [7, 11) is 3.03. The Morgan fingerprint density at radius 3 is 2.47 bits per heavy atom. The van der Waals surface area contributed by atoms with E-state index < -0.39 is 29.8 Å². The van der Waals surface area contributed by atoms with Crippen LogP contribution in [0.1, 0.15) is 104 Å². The lowest BCUT2D eigenvalue weighted by molar-refractivity contribution is -0.137. The van der Waals surface area contributed by atoms with Gasteiger partial charge in [-0.2, -0.15) is 5.10 Å². The number of likely N-dealkylation sites (tertiary alicyclic amines) is 1. The number of hydrogen-bond acceptors (Lipinski definition) is 10. The van der Waals surface area contributed by atoms with Crippen LogP contribution in [0.3, 0.4) is 0 Å². The molecule has 1 saturated carbocycles. The SMILES string of the molecule is COC(=O)N[C@@H]1CC[C@@H](n2c(=O)n(C)c3cnc4[nH]c(-c5ccc(C(=O)N6CCC(CC(=O)Nc7ccc8c(c7)CN(C7CCC(=O)NC7=O)C8=O)CC6)c(F)c5)c(-c5ccc6c(cnn6C(C)C)c5)c4c32)C1. The Labute approximate surface area is 417 Å². The van der Waals surface area contributed by atoms with Crippen molar-refractivity contribution in [3.63, 3.8) is 0 Å². The summed E-state index contributed by atoms with van der Waals surface area (Å²) >= 11 is 0. The number of fused-ring (bicyclic) bond motifs is 5. The molecule has 4 N–H and O–H groups in total. The molecule has 20 heteroatoms. The Bertz CT molecular complexity index is 3530. The third kappa shape index (κ3) is 8.36. The normalized spacial score (nSPS) is 19.4. The van der Waals surface area contributed by atoms with Crippen LogP contribution in [0.25, 0.3) is 55.4 Å². The second-order valence-electron chi connectivity index (χ2n) is 20.0. The first-order valence-corrected chi connectivity index (χ1v) is 24.8. The molecular formula is C53H54FN11O8. The minimum Gasteiger partial charge on any atom is -0.453 e. The van der Waals surface area contributed by atoms with E-state index in [2.05, 4.69) is 39.9 Å². The van der Waals surface area contributed by atoms with Crippen molar-refractivity contribution in [2.45, 2.75) is 95.9 Å². The largest absolute Gasteiger partial charge is 0.453 e. The number of halogens is 1. The number of anilines is 1. The lowest BCUT2D eigenvalue weighted by Gasteiger charge is -2.32. The molecule has 3 atom stereocenters. The average Bonchev–Trinajstić information content (AvgIpc) is 4.21. The highest BCUT2D eigenvalue weighted by Crippen LogP contribution is 2.44. The summed E-state index contributed by atoms with van der Waals surface area (Å²) < 4.78 is 26.8. The molecule has 3 aromatic carbocycles. The molecule has 19 nitrogen and oxygen atoms in total. The molecular weight excluding hydrogens is 938 g/mol. The molecule has 3 fully saturated rings. The number of aryl methyl sites for hydroxylation is 1. The maximum atomic E-state index is 16.6. The number of carbonyl (C=O) groups excluding carboxylic acids is 6. The van der Waals surface area contributed by atoms with Crippen LogP contribution in [-0.2, 0) is 32.7 Å². The summed E-state index contributed by atoms with van der Waals surface area (Å²) in [6.07, 6.45) is 6.42. The predicted octanol–water partition coefficient (Wildman–Crippen LogP) is 6.71. The molecule has 4 aliphatic rings. The molecule has 0 radical (unpaired) electrons. The molecule has 1 unspecified atom stereocenters. The number of rotatable bonds is 10. The van der Waals surface area contributed by atoms with E-state index in [9.17, 15) is 33.6 Å². The molecule has 3 aliphatic heterocycles. The molecule has 7 heterocycles. The van der Waals surface area contributed by atoms with Crippen LogP contribution in [0.4, 0.5) is 14.9 Å². The smallest absolute Gasteiger partial charge is 0.407 e. The number of amides is 6. The van der Waals surface area contributed by atoms with Crippen molar-refractivity contribution in [3.8, 4) is 22.4 Å². The van der Waals surface area contributed by atoms with Crippen LogP contribution < -0.4 is 21.6 Å². The Morgan fingerprint density at radius 1 is 0.918 bits per heavy atom. The van der Waals surface area contributed by atoms with Crippen LogP contribution in [0.2, 0.25) is 0 Å². The van der Waals surface area contributed by atoms with E-state index in [4.69, 9.17) is 9.72 Å². The minimum atomic E-state index is -0.738. The van der Waals surface area contributed by atoms with Crippen molar-refractivity contribution in [1.29, 1.82) is 0 Å². The predicted molar refractivity (Wildman–Crippen MR) is 268 cm³/mol. The van der Waals surface area contributed by atoms with Gasteiger partial charge in [0.25, 0.3) is 11.8 Å². The molecule has 4 aromatic heterocycles. The van der Waals surface area contributed by atoms with Gasteiger partial charge in [0, 0.05) is 85.4 Å². The Kier molecular flexibility index (Phi) is 11.9. The maximum absolute atomic E-state index is 16.6. The van der Waals surface area contributed by atoms with Gasteiger partial charge in [-0.1, -0.05) is 12.1 Å². The van der Waals surface area contributed by atoms with Crippen LogP contribution in [0.5, 0.6) is 0 Å². The summed E-state index contributed by atoms with van der Waals surface area (Å²) in [6.45, 7) is 4.97. The van der Waals surface area contributed by atoms with E-state index in [1.54, 1.807) is 51.5 Å². The number of imidazole rings is 1. The first-order chi connectivity index (χ1) is 35.1. The third-order valence-corrected chi connectivity index (χ3v) is 15.2. The summed E-state index contributed by atoms with van der Waals surface area (Å²) in [4.78, 5) is 102. The van der Waals surface area contributed by atoms with Crippen molar-refractivity contribution >= 4 is 74.3 Å². The highest BCUT2D eigenvalue weighted by atomic mass is 19.1. The average molecular weight is 992 g/mol. The molecule has 376 valence electrons. The third-order valence-electron chi connectivity index (χ3n) is 15.2. The van der Waals surface area contributed by atoms with Gasteiger partial charge in [-0.25, -0.2) is 19.0 Å². The summed E-state index contributed by atoms with van der Waals surface area (Å²) in [5, 5.41) is 14.3. The lowest BCUT2D eigenvalue weighted by atomic mass is 9.92. The van der Waals surface area contributed by atoms with E-state index in [1.165, 1.54) is 24.1 Å². The number of methoxy groups -OCH3 is 1. The molecule has 73 heavy (non-hydrogen) atoms. The monoisotopic (exact) mass is 991 g/mol. The number of alkyl carbamates (subject to hydrolysis) is 1. The van der Waals surface area contributed by atoms with Gasteiger partial charge in [0.2, 0.25) is 17.7 Å². The van der Waals surface area contributed by atoms with E-state index in [-0.39, 0.29) is 78.8 Å². The number of aromatic nitrogens is 6. The molecule has 2 saturated heterocycles. The summed E-state index contributed by atoms with van der Waals surface area (Å²) in [6, 6.07) is 14.5. The second kappa shape index (κ2) is 18.5. The Morgan fingerprint density at radius 2 is 1.71 bits per heavy atom. The van der Waals surface area contributed by atoms with Crippen molar-refractivity contribution < 1.29 is 37.9 Å². The molecule has 7 aromatic rings. The first-order valence-electron chi connectivity index (χ1n) is 24.8. The van der Waals surface area contributed by atoms with Gasteiger partial charge in [0.05, 0.1) is 52.7 Å². The van der Waals surface area contributed by atoms with Gasteiger partial charge in [0.1, 0.15) is 17.5 Å². The van der Waals surface area contributed by atoms with Crippen LogP contribution in [0, 0.1) is 11.7 Å². The van der Waals surface area contributed by atoms with Crippen molar-refractivity contribution in [2.75, 3.05) is 25.5 Å². The number of H-pyrrole nitrogens is 1. The number of piperidine rings is 2. The van der Waals surface area contributed by atoms with E-state index in [1.807, 2.05) is 29.1 Å². The highest BCUT2D eigenvalue weighted by Gasteiger charge is 2.40. The van der Waals surface area contributed by atoms with Crippen LogP contribution in [0.15, 0.2) is 71.8 Å². The zero-order valence-corrected chi connectivity index (χ0v) is 40.8. The van der Waals surface area contributed by atoms with Crippen molar-refractivity contribution in [3.05, 3.63) is 100.0 Å². The number of ether oxygens (including phenoxy) is 1. The number of carbonyl (C=O) groups is 6. The number of imide groups is 1. The fourth-order valence-corrected chi connectivity index (χ4v) is 11.5. The zero-order chi connectivity index (χ0) is 51.0. The topological polar surface area (TPSA) is 228 Å². The van der Waals surface area contributed by atoms with Crippen molar-refractivity contribution in [1.82, 2.24) is 49.3 Å². The van der Waals surface area contributed by atoms with Gasteiger partial charge >= 0.3 is 11.8 Å². The quantitative estimate of drug-likeness (QED) is 0.106. The zero-order valence-electron chi connectivity index (χ0n) is 40.8. The number of hydrogen-bond donors (Lipinski definition) is 4. The van der Waals surface area contributed by atoms with E-state index in [0.717, 1.165) is 16.5 Å². The highest BCUT2D eigenvalue weighted by molar-refractivity contribution is 6.15. The molecule has 11 rings (SSSR count). The maximum Gasteiger partial charge on any atom is 0.407 e. The molecule has 6 amide bonds. The van der Waals surface area contributed by atoms with E-state index in [0.29, 0.717) is 101 Å². The fourth-order valence-electron chi connectivity index (χ4n) is 11.5. The van der Waals surface area contributed by atoms with Crippen LogP contribution >= 0.6 is 0 Å². The number of nitrogens with one attached hydrogen (secondary N) is 4. The van der Waals surface area contributed by atoms with Crippen molar-refractivity contribution in [2.24, 2.45) is 13.0 Å². The molecule has 0 bridgehead atoms. The first kappa shape index (κ1) is 47.2. The van der Waals surface area contributed by atoms with Gasteiger partial charge in [-0.3, -0.25) is 43.1 Å². The number of benzene rings is 3. The minimum absolute atomic E-state index is 0.0256. The van der Waals surface area contributed by atoms with Gasteiger partial charge in [-0.05, 0) is 112 Å². The van der Waals surface area contributed by atoms with E-state index >= 15 is 4.39 Å². The van der Waals surface area contributed by atoms with Crippen LogP contribution in [-0.4, -0.2) is 107 Å². The number of aromatic amines is 1. The second-order valence-corrected chi connectivity index (χ2v) is 20.0. The number of nitrogens with zero attached hydrogens (tertiary/aromatic N) is 7. The Hall–Kier alpha value is -8.16. The lowest BCUT2D eigenvalue weighted by Crippen LogP contribution is -2.52. The standard InChI is InChI=1S/C53H54FN11O8/c1-27(2)65-39-12-6-29(20-31(39)24-56-65)44-45-47-41(61(3)53(72)64(47)35-9-7-34(23-35)58-52(71)73-4)25-55-48(45)60-46(44)30-5-10-37(38(54)22-30)50(69)62-17-15-28(16-18-62)19-43(67)57-33-8-11-36-32(21-33)26-63(51(36)70)40-13-14-42(66)59-49(40)68/h5-6,8,10-12,20-22,24-25,27-28,34-35,40H,7,9,13-19,23,26H2,1-4H3,(H,55,60)(H,57,67)(H,58,71)(H,59,66,68)/t34-,35-,40?/m1/s1. The summed E-state index contributed by atoms with van der Waals surface area (Å²) in [5.41, 5.74) is 6.51. The summed E-state index contributed by atoms with van der Waals surface area (Å²) in [5.74, 6) is -2.55. The van der Waals surface area contributed by atoms with Gasteiger partial charge in [0.15, 0.2) is 0 Å². The van der Waals surface area contributed by atoms with Gasteiger partial charge < -0.3 is 30.2 Å². The number of pyridine rings is 1. The fraction of sp³-hybridized carbons (Fsp3) is 0.377. The van der Waals surface area contributed by atoms with Gasteiger partial charge in [-0.15, -0.1) is 0 Å². The Balaban J connectivity index is 0.829.